The third kappa shape index (κ3) is 6.06. The summed E-state index contributed by atoms with van der Waals surface area (Å²) in [6.45, 7) is 4.04. The number of amides is 2. The number of carbonyl (C=O) groups excluding carboxylic acids is 2. The molecule has 2 rings (SSSR count). The minimum absolute atomic E-state index is 0.113. The van der Waals surface area contributed by atoms with Crippen LogP contribution in [0.2, 0.25) is 0 Å². The zero-order chi connectivity index (χ0) is 20.7. The molecule has 6 nitrogen and oxygen atoms in total. The normalized spacial score (nSPS) is 11.3. The molecule has 2 aromatic rings. The molecule has 0 fully saturated rings. The minimum atomic E-state index is -0.326. The summed E-state index contributed by atoms with van der Waals surface area (Å²) in [5.74, 6) is 0.278. The lowest BCUT2D eigenvalue weighted by Gasteiger charge is -2.14. The van der Waals surface area contributed by atoms with E-state index in [2.05, 4.69) is 10.6 Å². The van der Waals surface area contributed by atoms with Crippen molar-refractivity contribution in [2.24, 2.45) is 0 Å². The van der Waals surface area contributed by atoms with Crippen molar-refractivity contribution in [3.05, 3.63) is 59.7 Å². The van der Waals surface area contributed by atoms with E-state index < -0.39 is 0 Å². The Labute approximate surface area is 170 Å². The first-order valence-corrected chi connectivity index (χ1v) is 9.41. The van der Waals surface area contributed by atoms with Gasteiger partial charge in [-0.3, -0.25) is 14.9 Å². The molecule has 2 N–H and O–H groups in total. The second-order valence-corrected chi connectivity index (χ2v) is 6.96. The van der Waals surface area contributed by atoms with Crippen molar-refractivity contribution in [2.45, 2.75) is 26.4 Å². The molecule has 1 unspecified atom stereocenters. The molecule has 0 radical (unpaired) electrons. The van der Waals surface area contributed by atoms with Gasteiger partial charge in [0.05, 0.1) is 6.10 Å². The summed E-state index contributed by atoms with van der Waals surface area (Å²) in [7, 11) is 3.37. The summed E-state index contributed by atoms with van der Waals surface area (Å²) in [6, 6.07) is 13.8. The molecule has 28 heavy (non-hydrogen) atoms. The van der Waals surface area contributed by atoms with Crippen molar-refractivity contribution in [1.82, 2.24) is 10.2 Å². The van der Waals surface area contributed by atoms with Gasteiger partial charge in [0.25, 0.3) is 11.8 Å². The van der Waals surface area contributed by atoms with Gasteiger partial charge in [0.2, 0.25) is 0 Å². The number of hydrogen-bond donors (Lipinski definition) is 2. The summed E-state index contributed by atoms with van der Waals surface area (Å²) in [5.41, 5.74) is 1.62. The van der Waals surface area contributed by atoms with Gasteiger partial charge in [-0.15, -0.1) is 0 Å². The van der Waals surface area contributed by atoms with Gasteiger partial charge >= 0.3 is 0 Å². The predicted octanol–water partition coefficient (Wildman–Crippen LogP) is 3.69. The average Bonchev–Trinajstić information content (AvgIpc) is 2.67. The van der Waals surface area contributed by atoms with Crippen LogP contribution in [0.25, 0.3) is 0 Å². The number of anilines is 1. The van der Waals surface area contributed by atoms with Crippen LogP contribution < -0.4 is 15.4 Å². The van der Waals surface area contributed by atoms with Gasteiger partial charge in [0.15, 0.2) is 5.11 Å². The van der Waals surface area contributed by atoms with Gasteiger partial charge in [-0.1, -0.05) is 13.0 Å². The summed E-state index contributed by atoms with van der Waals surface area (Å²) in [4.78, 5) is 25.9. The summed E-state index contributed by atoms with van der Waals surface area (Å²) in [5, 5.41) is 5.71. The number of nitrogens with one attached hydrogen (secondary N) is 2. The molecule has 0 bridgehead atoms. The van der Waals surface area contributed by atoms with Crippen LogP contribution in [0.5, 0.6) is 5.75 Å². The number of benzene rings is 2. The van der Waals surface area contributed by atoms with E-state index >= 15 is 0 Å². The predicted molar refractivity (Wildman–Crippen MR) is 115 cm³/mol. The van der Waals surface area contributed by atoms with E-state index in [-0.39, 0.29) is 23.0 Å². The molecule has 0 spiro atoms. The van der Waals surface area contributed by atoms with Crippen molar-refractivity contribution >= 4 is 34.8 Å². The largest absolute Gasteiger partial charge is 0.491 e. The molecular weight excluding hydrogens is 374 g/mol. The zero-order valence-corrected chi connectivity index (χ0v) is 17.3. The Bertz CT molecular complexity index is 850. The number of rotatable bonds is 6. The van der Waals surface area contributed by atoms with E-state index in [1.807, 2.05) is 13.8 Å². The highest BCUT2D eigenvalue weighted by Gasteiger charge is 2.11. The van der Waals surface area contributed by atoms with Gasteiger partial charge < -0.3 is 15.0 Å². The molecule has 1 atom stereocenters. The van der Waals surface area contributed by atoms with Gasteiger partial charge in [0, 0.05) is 30.9 Å². The first-order valence-electron chi connectivity index (χ1n) is 9.01. The lowest BCUT2D eigenvalue weighted by atomic mass is 10.2. The summed E-state index contributed by atoms with van der Waals surface area (Å²) in [6.07, 6.45) is 1.02. The molecule has 0 aromatic heterocycles. The SMILES string of the molecule is CCC(C)Oc1ccc(C(=O)NC(=S)Nc2cccc(C(=O)N(C)C)c2)cc1. The van der Waals surface area contributed by atoms with Gasteiger partial charge in [-0.25, -0.2) is 0 Å². The van der Waals surface area contributed by atoms with E-state index in [9.17, 15) is 9.59 Å². The van der Waals surface area contributed by atoms with Gasteiger partial charge in [-0.2, -0.15) is 0 Å². The lowest BCUT2D eigenvalue weighted by molar-refractivity contribution is 0.0827. The van der Waals surface area contributed by atoms with E-state index in [4.69, 9.17) is 17.0 Å². The Morgan fingerprint density at radius 3 is 2.39 bits per heavy atom. The van der Waals surface area contributed by atoms with Crippen LogP contribution >= 0.6 is 12.2 Å². The Hall–Kier alpha value is -2.93. The first kappa shape index (κ1) is 21.4. The molecule has 2 aromatic carbocycles. The smallest absolute Gasteiger partial charge is 0.257 e. The average molecular weight is 400 g/mol. The Balaban J connectivity index is 1.96. The molecule has 0 aliphatic heterocycles. The Morgan fingerprint density at radius 2 is 1.79 bits per heavy atom. The molecule has 0 aliphatic carbocycles. The number of ether oxygens (including phenoxy) is 1. The second kappa shape index (κ2) is 9.85. The maximum Gasteiger partial charge on any atom is 0.257 e. The zero-order valence-electron chi connectivity index (χ0n) is 16.5. The second-order valence-electron chi connectivity index (χ2n) is 6.55. The molecule has 0 saturated carbocycles. The fourth-order valence-electron chi connectivity index (χ4n) is 2.33. The number of carbonyl (C=O) groups is 2. The fraction of sp³-hybridized carbons (Fsp3) is 0.286. The van der Waals surface area contributed by atoms with Gasteiger partial charge in [0.1, 0.15) is 5.75 Å². The van der Waals surface area contributed by atoms with Crippen LogP contribution in [0, 0.1) is 0 Å². The van der Waals surface area contributed by atoms with Crippen molar-refractivity contribution in [1.29, 1.82) is 0 Å². The van der Waals surface area contributed by atoms with Crippen LogP contribution in [0.1, 0.15) is 41.0 Å². The molecule has 148 valence electrons. The van der Waals surface area contributed by atoms with Crippen LogP contribution in [0.4, 0.5) is 5.69 Å². The molecule has 7 heteroatoms. The number of hydrogen-bond acceptors (Lipinski definition) is 4. The van der Waals surface area contributed by atoms with Crippen LogP contribution in [0.3, 0.4) is 0 Å². The van der Waals surface area contributed by atoms with Crippen molar-refractivity contribution < 1.29 is 14.3 Å². The monoisotopic (exact) mass is 399 g/mol. The van der Waals surface area contributed by atoms with Crippen LogP contribution in [-0.2, 0) is 0 Å². The van der Waals surface area contributed by atoms with Crippen LogP contribution in [-0.4, -0.2) is 42.0 Å². The minimum Gasteiger partial charge on any atom is -0.491 e. The quantitative estimate of drug-likeness (QED) is 0.725. The van der Waals surface area contributed by atoms with E-state index in [0.29, 0.717) is 22.6 Å². The maximum absolute atomic E-state index is 12.4. The summed E-state index contributed by atoms with van der Waals surface area (Å²) < 4.78 is 5.70. The molecule has 0 saturated heterocycles. The van der Waals surface area contributed by atoms with E-state index in [1.54, 1.807) is 62.6 Å². The van der Waals surface area contributed by atoms with Crippen molar-refractivity contribution in [3.8, 4) is 5.75 Å². The lowest BCUT2D eigenvalue weighted by Crippen LogP contribution is -2.34. The van der Waals surface area contributed by atoms with E-state index in [0.717, 1.165) is 6.42 Å². The van der Waals surface area contributed by atoms with Crippen LogP contribution in [0.15, 0.2) is 48.5 Å². The third-order valence-electron chi connectivity index (χ3n) is 4.03. The topological polar surface area (TPSA) is 70.7 Å². The van der Waals surface area contributed by atoms with E-state index in [1.165, 1.54) is 4.90 Å². The maximum atomic E-state index is 12.4. The highest BCUT2D eigenvalue weighted by atomic mass is 32.1. The van der Waals surface area contributed by atoms with Gasteiger partial charge in [-0.05, 0) is 68.0 Å². The summed E-state index contributed by atoms with van der Waals surface area (Å²) >= 11 is 5.21. The Morgan fingerprint density at radius 1 is 1.11 bits per heavy atom. The molecule has 0 aliphatic rings. The molecular formula is C21H25N3O3S. The molecule has 2 amide bonds. The first-order chi connectivity index (χ1) is 13.3. The number of nitrogens with zero attached hydrogens (tertiary/aromatic N) is 1. The highest BCUT2D eigenvalue weighted by molar-refractivity contribution is 7.80. The Kier molecular flexibility index (Phi) is 7.52. The molecule has 0 heterocycles. The highest BCUT2D eigenvalue weighted by Crippen LogP contribution is 2.15. The van der Waals surface area contributed by atoms with Crippen molar-refractivity contribution in [3.63, 3.8) is 0 Å². The third-order valence-corrected chi connectivity index (χ3v) is 4.23. The van der Waals surface area contributed by atoms with Crippen molar-refractivity contribution in [2.75, 3.05) is 19.4 Å². The fourth-order valence-corrected chi connectivity index (χ4v) is 2.54. The standard InChI is InChI=1S/C21H25N3O3S/c1-5-14(2)27-18-11-9-15(10-12-18)19(25)23-21(28)22-17-8-6-7-16(13-17)20(26)24(3)4/h6-14H,5H2,1-4H3,(H2,22,23,25,28). The number of thiocarbonyl (C=S) groups is 1.